The maximum Gasteiger partial charge on any atom is 0.169 e. The third-order valence-corrected chi connectivity index (χ3v) is 2.37. The summed E-state index contributed by atoms with van der Waals surface area (Å²) in [5.74, 6) is 0.688. The Labute approximate surface area is 89.0 Å². The zero-order valence-corrected chi connectivity index (χ0v) is 8.94. The number of rotatable bonds is 3. The molecule has 2 aromatic rings. The van der Waals surface area contributed by atoms with Crippen LogP contribution in [0.25, 0.3) is 11.5 Å². The zero-order chi connectivity index (χ0) is 9.97. The molecule has 0 saturated carbocycles. The van der Waals surface area contributed by atoms with Gasteiger partial charge in [-0.1, -0.05) is 5.21 Å². The highest BCUT2D eigenvalue weighted by molar-refractivity contribution is 9.10. The average Bonchev–Trinajstić information content (AvgIpc) is 2.74. The summed E-state index contributed by atoms with van der Waals surface area (Å²) < 4.78 is 7.81. The van der Waals surface area contributed by atoms with E-state index in [0.29, 0.717) is 24.5 Å². The Morgan fingerprint density at radius 1 is 1.57 bits per heavy atom. The maximum atomic E-state index is 5.40. The Hall–Kier alpha value is -1.14. The Balaban J connectivity index is 2.29. The van der Waals surface area contributed by atoms with Gasteiger partial charge in [0.25, 0.3) is 0 Å². The molecule has 0 aliphatic rings. The fraction of sp³-hybridized carbons (Fsp3) is 0.250. The first-order valence-corrected chi connectivity index (χ1v) is 4.94. The van der Waals surface area contributed by atoms with Crippen LogP contribution in [-0.4, -0.2) is 21.5 Å². The van der Waals surface area contributed by atoms with Crippen LogP contribution in [0, 0.1) is 0 Å². The molecule has 74 valence electrons. The molecule has 2 aromatic heterocycles. The summed E-state index contributed by atoms with van der Waals surface area (Å²) in [6.45, 7) is 1.20. The van der Waals surface area contributed by atoms with Crippen LogP contribution in [0.1, 0.15) is 0 Å². The molecule has 0 aromatic carbocycles. The van der Waals surface area contributed by atoms with Crippen molar-refractivity contribution in [3.05, 3.63) is 23.0 Å². The van der Waals surface area contributed by atoms with Crippen LogP contribution in [0.3, 0.4) is 0 Å². The number of halogens is 1. The van der Waals surface area contributed by atoms with Gasteiger partial charge in [-0.05, 0) is 22.0 Å². The second-order valence-corrected chi connectivity index (χ2v) is 3.61. The third kappa shape index (κ3) is 1.71. The fourth-order valence-electron chi connectivity index (χ4n) is 1.12. The van der Waals surface area contributed by atoms with Gasteiger partial charge in [-0.15, -0.1) is 5.10 Å². The van der Waals surface area contributed by atoms with E-state index in [1.165, 1.54) is 0 Å². The van der Waals surface area contributed by atoms with Gasteiger partial charge in [0.05, 0.1) is 23.5 Å². The Morgan fingerprint density at radius 3 is 3.07 bits per heavy atom. The van der Waals surface area contributed by atoms with E-state index in [0.717, 1.165) is 4.47 Å². The second kappa shape index (κ2) is 3.93. The van der Waals surface area contributed by atoms with E-state index in [4.69, 9.17) is 10.2 Å². The monoisotopic (exact) mass is 256 g/mol. The number of nitrogens with zero attached hydrogens (tertiary/aromatic N) is 3. The maximum absolute atomic E-state index is 5.40. The van der Waals surface area contributed by atoms with Crippen LogP contribution in [0.15, 0.2) is 27.4 Å². The van der Waals surface area contributed by atoms with Gasteiger partial charge in [-0.2, -0.15) is 0 Å². The number of nitrogens with two attached hydrogens (primary N) is 1. The number of aromatic nitrogens is 3. The van der Waals surface area contributed by atoms with E-state index in [-0.39, 0.29) is 0 Å². The molecule has 0 unspecified atom stereocenters. The lowest BCUT2D eigenvalue weighted by atomic mass is 10.3. The minimum absolute atomic E-state index is 0.544. The van der Waals surface area contributed by atoms with Crippen LogP contribution in [0.4, 0.5) is 0 Å². The highest BCUT2D eigenvalue weighted by atomic mass is 79.9. The molecule has 6 heteroatoms. The Kier molecular flexibility index (Phi) is 2.64. The van der Waals surface area contributed by atoms with Crippen molar-refractivity contribution >= 4 is 15.9 Å². The number of furan rings is 1. The van der Waals surface area contributed by atoms with E-state index in [1.54, 1.807) is 17.1 Å². The largest absolute Gasteiger partial charge is 0.461 e. The van der Waals surface area contributed by atoms with Crippen molar-refractivity contribution in [1.29, 1.82) is 0 Å². The van der Waals surface area contributed by atoms with Gasteiger partial charge in [0.15, 0.2) is 5.76 Å². The quantitative estimate of drug-likeness (QED) is 0.898. The lowest BCUT2D eigenvalue weighted by molar-refractivity contribution is 0.578. The predicted molar refractivity (Wildman–Crippen MR) is 54.5 cm³/mol. The second-order valence-electron chi connectivity index (χ2n) is 2.75. The summed E-state index contributed by atoms with van der Waals surface area (Å²) in [7, 11) is 0. The Morgan fingerprint density at radius 2 is 2.43 bits per heavy atom. The SMILES string of the molecule is NCCn1cc(-c2occc2Br)nn1. The van der Waals surface area contributed by atoms with Crippen LogP contribution in [-0.2, 0) is 6.54 Å². The molecule has 0 bridgehead atoms. The highest BCUT2D eigenvalue weighted by Crippen LogP contribution is 2.26. The molecule has 0 saturated heterocycles. The van der Waals surface area contributed by atoms with Crippen molar-refractivity contribution in [3.63, 3.8) is 0 Å². The zero-order valence-electron chi connectivity index (χ0n) is 7.35. The molecule has 2 heterocycles. The normalized spacial score (nSPS) is 10.7. The molecule has 0 spiro atoms. The van der Waals surface area contributed by atoms with Crippen molar-refractivity contribution in [2.45, 2.75) is 6.54 Å². The molecule has 14 heavy (non-hydrogen) atoms. The van der Waals surface area contributed by atoms with Crippen LogP contribution in [0.2, 0.25) is 0 Å². The first-order chi connectivity index (χ1) is 6.81. The third-order valence-electron chi connectivity index (χ3n) is 1.75. The molecule has 0 aliphatic heterocycles. The van der Waals surface area contributed by atoms with Gasteiger partial charge in [-0.3, -0.25) is 4.68 Å². The van der Waals surface area contributed by atoms with Gasteiger partial charge in [-0.25, -0.2) is 0 Å². The molecule has 0 fully saturated rings. The van der Waals surface area contributed by atoms with Crippen molar-refractivity contribution in [1.82, 2.24) is 15.0 Å². The van der Waals surface area contributed by atoms with Crippen molar-refractivity contribution in [2.75, 3.05) is 6.54 Å². The molecule has 5 nitrogen and oxygen atoms in total. The van der Waals surface area contributed by atoms with Crippen molar-refractivity contribution in [3.8, 4) is 11.5 Å². The summed E-state index contributed by atoms with van der Waals surface area (Å²) in [5, 5.41) is 7.88. The standard InChI is InChI=1S/C8H9BrN4O/c9-6-1-4-14-8(6)7-5-13(3-2-10)12-11-7/h1,4-5H,2-3,10H2. The van der Waals surface area contributed by atoms with Crippen LogP contribution in [0.5, 0.6) is 0 Å². The molecule has 0 radical (unpaired) electrons. The van der Waals surface area contributed by atoms with E-state index < -0.39 is 0 Å². The van der Waals surface area contributed by atoms with Crippen molar-refractivity contribution in [2.24, 2.45) is 5.73 Å². The average molecular weight is 257 g/mol. The lowest BCUT2D eigenvalue weighted by Gasteiger charge is -1.92. The van der Waals surface area contributed by atoms with Gasteiger partial charge >= 0.3 is 0 Å². The van der Waals surface area contributed by atoms with Gasteiger partial charge in [0.2, 0.25) is 0 Å². The van der Waals surface area contributed by atoms with Gasteiger partial charge < -0.3 is 10.2 Å². The summed E-state index contributed by atoms with van der Waals surface area (Å²) in [6, 6.07) is 1.82. The molecule has 0 aliphatic carbocycles. The van der Waals surface area contributed by atoms with Crippen molar-refractivity contribution < 1.29 is 4.42 Å². The molecule has 2 rings (SSSR count). The highest BCUT2D eigenvalue weighted by Gasteiger charge is 2.10. The van der Waals surface area contributed by atoms with Gasteiger partial charge in [0.1, 0.15) is 5.69 Å². The van der Waals surface area contributed by atoms with Crippen LogP contribution >= 0.6 is 15.9 Å². The predicted octanol–water partition coefficient (Wildman–Crippen LogP) is 1.26. The van der Waals surface area contributed by atoms with Gasteiger partial charge in [0, 0.05) is 6.54 Å². The Bertz CT molecular complexity index is 422. The topological polar surface area (TPSA) is 69.9 Å². The molecule has 2 N–H and O–H groups in total. The summed E-state index contributed by atoms with van der Waals surface area (Å²) >= 11 is 3.36. The lowest BCUT2D eigenvalue weighted by Crippen LogP contribution is -2.10. The van der Waals surface area contributed by atoms with E-state index in [2.05, 4.69) is 26.2 Å². The first kappa shape index (κ1) is 9.42. The fourth-order valence-corrected chi connectivity index (χ4v) is 1.52. The van der Waals surface area contributed by atoms with Crippen LogP contribution < -0.4 is 5.73 Å². The summed E-state index contributed by atoms with van der Waals surface area (Å²) in [4.78, 5) is 0. The van der Waals surface area contributed by atoms with E-state index in [1.807, 2.05) is 6.07 Å². The minimum atomic E-state index is 0.544. The number of hydrogen-bond acceptors (Lipinski definition) is 4. The molecule has 0 amide bonds. The van der Waals surface area contributed by atoms with E-state index >= 15 is 0 Å². The first-order valence-electron chi connectivity index (χ1n) is 4.15. The molecule has 0 atom stereocenters. The molecular weight excluding hydrogens is 248 g/mol. The summed E-state index contributed by atoms with van der Waals surface area (Å²) in [6.07, 6.45) is 3.40. The summed E-state index contributed by atoms with van der Waals surface area (Å²) in [5.41, 5.74) is 6.10. The molecular formula is C8H9BrN4O. The smallest absolute Gasteiger partial charge is 0.169 e. The minimum Gasteiger partial charge on any atom is -0.461 e. The number of hydrogen-bond donors (Lipinski definition) is 1. The van der Waals surface area contributed by atoms with E-state index in [9.17, 15) is 0 Å².